The van der Waals surface area contributed by atoms with Crippen LogP contribution in [0.4, 0.5) is 8.78 Å². The molecule has 0 fully saturated rings. The quantitative estimate of drug-likeness (QED) is 0.866. The Kier molecular flexibility index (Phi) is 5.15. The highest BCUT2D eigenvalue weighted by atomic mass is 19.3. The van der Waals surface area contributed by atoms with E-state index in [-0.39, 0.29) is 13.1 Å². The maximum Gasteiger partial charge on any atom is 0.255 e. The van der Waals surface area contributed by atoms with Gasteiger partial charge in [-0.1, -0.05) is 0 Å². The topological polar surface area (TPSA) is 59.2 Å². The number of nitrogens with two attached hydrogens (primary N) is 1. The Balaban J connectivity index is 2.94. The standard InChI is InChI=1S/C12H17F2N3O/c1-8-3-4-10(9(2)16-8)12(18)17(6-5-15)7-11(13)14/h3-4,11H,5-7,15H2,1-2H3. The highest BCUT2D eigenvalue weighted by Crippen LogP contribution is 2.11. The zero-order valence-corrected chi connectivity index (χ0v) is 10.5. The SMILES string of the molecule is Cc1ccc(C(=O)N(CCN)CC(F)F)c(C)n1. The molecule has 1 aromatic rings. The molecular weight excluding hydrogens is 240 g/mol. The van der Waals surface area contributed by atoms with Gasteiger partial charge in [-0.2, -0.15) is 0 Å². The van der Waals surface area contributed by atoms with E-state index in [2.05, 4.69) is 4.98 Å². The summed E-state index contributed by atoms with van der Waals surface area (Å²) >= 11 is 0. The van der Waals surface area contributed by atoms with Gasteiger partial charge in [0.15, 0.2) is 0 Å². The molecule has 2 N–H and O–H groups in total. The summed E-state index contributed by atoms with van der Waals surface area (Å²) in [7, 11) is 0. The van der Waals surface area contributed by atoms with Crippen molar-refractivity contribution in [3.05, 3.63) is 29.1 Å². The van der Waals surface area contributed by atoms with E-state index in [9.17, 15) is 13.6 Å². The number of amides is 1. The van der Waals surface area contributed by atoms with E-state index in [0.29, 0.717) is 11.3 Å². The molecule has 1 aromatic heterocycles. The predicted octanol–water partition coefficient (Wildman–Crippen LogP) is 1.36. The maximum atomic E-state index is 12.4. The summed E-state index contributed by atoms with van der Waals surface area (Å²) in [5.41, 5.74) is 6.99. The maximum absolute atomic E-state index is 12.4. The van der Waals surface area contributed by atoms with Crippen molar-refractivity contribution >= 4 is 5.91 Å². The van der Waals surface area contributed by atoms with Crippen molar-refractivity contribution in [3.63, 3.8) is 0 Å². The van der Waals surface area contributed by atoms with Gasteiger partial charge in [0.1, 0.15) is 0 Å². The number of rotatable bonds is 5. The fraction of sp³-hybridized carbons (Fsp3) is 0.500. The smallest absolute Gasteiger partial charge is 0.255 e. The first-order valence-electron chi connectivity index (χ1n) is 5.67. The van der Waals surface area contributed by atoms with Gasteiger partial charge in [0, 0.05) is 18.8 Å². The summed E-state index contributed by atoms with van der Waals surface area (Å²) in [5.74, 6) is -0.453. The Hall–Kier alpha value is -1.56. The number of aryl methyl sites for hydroxylation is 2. The second-order valence-corrected chi connectivity index (χ2v) is 4.02. The number of hydrogen-bond donors (Lipinski definition) is 1. The molecule has 0 bridgehead atoms. The molecule has 0 aliphatic rings. The molecule has 6 heteroatoms. The molecule has 0 radical (unpaired) electrons. The van der Waals surface area contributed by atoms with Crippen molar-refractivity contribution < 1.29 is 13.6 Å². The molecule has 0 saturated heterocycles. The van der Waals surface area contributed by atoms with Crippen molar-refractivity contribution in [2.24, 2.45) is 5.73 Å². The van der Waals surface area contributed by atoms with Crippen molar-refractivity contribution in [1.29, 1.82) is 0 Å². The van der Waals surface area contributed by atoms with E-state index in [1.165, 1.54) is 0 Å². The number of hydrogen-bond acceptors (Lipinski definition) is 3. The molecule has 1 heterocycles. The molecule has 0 aromatic carbocycles. The van der Waals surface area contributed by atoms with Gasteiger partial charge in [-0.3, -0.25) is 9.78 Å². The number of pyridine rings is 1. The van der Waals surface area contributed by atoms with E-state index < -0.39 is 18.9 Å². The van der Waals surface area contributed by atoms with E-state index >= 15 is 0 Å². The van der Waals surface area contributed by atoms with Crippen LogP contribution in [0.2, 0.25) is 0 Å². The first-order chi connectivity index (χ1) is 8.45. The van der Waals surface area contributed by atoms with Crippen LogP contribution >= 0.6 is 0 Å². The molecule has 4 nitrogen and oxygen atoms in total. The van der Waals surface area contributed by atoms with Gasteiger partial charge in [-0.25, -0.2) is 8.78 Å². The van der Waals surface area contributed by atoms with Crippen LogP contribution in [0.1, 0.15) is 21.7 Å². The van der Waals surface area contributed by atoms with Gasteiger partial charge < -0.3 is 10.6 Å². The van der Waals surface area contributed by atoms with E-state index in [1.807, 2.05) is 0 Å². The van der Waals surface area contributed by atoms with E-state index in [1.54, 1.807) is 26.0 Å². The summed E-state index contributed by atoms with van der Waals surface area (Å²) < 4.78 is 24.8. The lowest BCUT2D eigenvalue weighted by atomic mass is 10.1. The monoisotopic (exact) mass is 257 g/mol. The third kappa shape index (κ3) is 3.73. The number of halogens is 2. The third-order valence-electron chi connectivity index (χ3n) is 2.50. The van der Waals surface area contributed by atoms with Crippen LogP contribution in [0.3, 0.4) is 0 Å². The zero-order valence-electron chi connectivity index (χ0n) is 10.5. The Labute approximate surface area is 105 Å². The molecule has 0 atom stereocenters. The van der Waals surface area contributed by atoms with Crippen LogP contribution < -0.4 is 5.73 Å². The fourth-order valence-corrected chi connectivity index (χ4v) is 1.68. The fourth-order valence-electron chi connectivity index (χ4n) is 1.68. The molecule has 0 aliphatic heterocycles. The second kappa shape index (κ2) is 6.39. The number of nitrogens with zero attached hydrogens (tertiary/aromatic N) is 2. The lowest BCUT2D eigenvalue weighted by Gasteiger charge is -2.22. The molecule has 0 unspecified atom stereocenters. The highest BCUT2D eigenvalue weighted by molar-refractivity contribution is 5.95. The Morgan fingerprint density at radius 1 is 1.44 bits per heavy atom. The molecule has 0 aliphatic carbocycles. The number of carbonyl (C=O) groups is 1. The molecular formula is C12H17F2N3O. The van der Waals surface area contributed by atoms with Gasteiger partial charge in [0.25, 0.3) is 12.3 Å². The summed E-state index contributed by atoms with van der Waals surface area (Å²) in [5, 5.41) is 0. The average molecular weight is 257 g/mol. The first-order valence-corrected chi connectivity index (χ1v) is 5.67. The van der Waals surface area contributed by atoms with Crippen LogP contribution in [-0.2, 0) is 0 Å². The number of alkyl halides is 2. The summed E-state index contributed by atoms with van der Waals surface area (Å²) in [6.45, 7) is 3.14. The van der Waals surface area contributed by atoms with Gasteiger partial charge in [-0.15, -0.1) is 0 Å². The Bertz CT molecular complexity index is 424. The minimum atomic E-state index is -2.57. The number of carbonyl (C=O) groups excluding carboxylic acids is 1. The molecule has 1 rings (SSSR count). The van der Waals surface area contributed by atoms with Crippen LogP contribution in [0.5, 0.6) is 0 Å². The average Bonchev–Trinajstić information content (AvgIpc) is 2.27. The van der Waals surface area contributed by atoms with E-state index in [4.69, 9.17) is 5.73 Å². The zero-order chi connectivity index (χ0) is 13.7. The van der Waals surface area contributed by atoms with Crippen molar-refractivity contribution in [2.75, 3.05) is 19.6 Å². The van der Waals surface area contributed by atoms with Gasteiger partial charge >= 0.3 is 0 Å². The molecule has 0 saturated carbocycles. The van der Waals surface area contributed by atoms with Crippen LogP contribution in [0, 0.1) is 13.8 Å². The Morgan fingerprint density at radius 2 is 2.11 bits per heavy atom. The minimum absolute atomic E-state index is 0.108. The van der Waals surface area contributed by atoms with Crippen molar-refractivity contribution in [3.8, 4) is 0 Å². The molecule has 100 valence electrons. The van der Waals surface area contributed by atoms with Gasteiger partial charge in [-0.05, 0) is 26.0 Å². The van der Waals surface area contributed by atoms with Gasteiger partial charge in [0.2, 0.25) is 0 Å². The summed E-state index contributed by atoms with van der Waals surface area (Å²) in [6, 6.07) is 3.29. The lowest BCUT2D eigenvalue weighted by Crippen LogP contribution is -2.39. The van der Waals surface area contributed by atoms with Crippen molar-refractivity contribution in [2.45, 2.75) is 20.3 Å². The third-order valence-corrected chi connectivity index (χ3v) is 2.50. The largest absolute Gasteiger partial charge is 0.332 e. The molecule has 18 heavy (non-hydrogen) atoms. The minimum Gasteiger partial charge on any atom is -0.332 e. The molecule has 0 spiro atoms. The normalized spacial score (nSPS) is 10.8. The van der Waals surface area contributed by atoms with Crippen LogP contribution in [0.25, 0.3) is 0 Å². The number of aromatic nitrogens is 1. The Morgan fingerprint density at radius 3 is 2.61 bits per heavy atom. The van der Waals surface area contributed by atoms with Crippen molar-refractivity contribution in [1.82, 2.24) is 9.88 Å². The van der Waals surface area contributed by atoms with Crippen LogP contribution in [0.15, 0.2) is 12.1 Å². The summed E-state index contributed by atoms with van der Waals surface area (Å²) in [6.07, 6.45) is -2.57. The summed E-state index contributed by atoms with van der Waals surface area (Å²) in [4.78, 5) is 17.3. The second-order valence-electron chi connectivity index (χ2n) is 4.02. The predicted molar refractivity (Wildman–Crippen MR) is 64.7 cm³/mol. The van der Waals surface area contributed by atoms with E-state index in [0.717, 1.165) is 10.6 Å². The lowest BCUT2D eigenvalue weighted by molar-refractivity contribution is 0.0562. The van der Waals surface area contributed by atoms with Crippen LogP contribution in [-0.4, -0.2) is 41.9 Å². The molecule has 1 amide bonds. The first kappa shape index (κ1) is 14.5. The van der Waals surface area contributed by atoms with Gasteiger partial charge in [0.05, 0.1) is 17.8 Å². The highest BCUT2D eigenvalue weighted by Gasteiger charge is 2.20.